The zero-order valence-corrected chi connectivity index (χ0v) is 29.3. The molecule has 0 atom stereocenters. The molecule has 0 saturated heterocycles. The highest BCUT2D eigenvalue weighted by Gasteiger charge is 2.17. The molecular formula is C50H32N4. The Balaban J connectivity index is 1.18. The van der Waals surface area contributed by atoms with Gasteiger partial charge in [-0.3, -0.25) is 0 Å². The highest BCUT2D eigenvalue weighted by atomic mass is 15.0. The maximum Gasteiger partial charge on any atom is 0.164 e. The SMILES string of the molecule is N#Cc1ccc(-c2nc(-c3ccc(-c4ccccc4)cc3)nc(-c3cccc(-c4cccc(-c5ccc6ccccc6c5)c4-c4ccccc4)c3)n2)cc1. The lowest BCUT2D eigenvalue weighted by Crippen LogP contribution is -2.00. The number of aromatic nitrogens is 3. The van der Waals surface area contributed by atoms with E-state index in [2.05, 4.69) is 158 Å². The summed E-state index contributed by atoms with van der Waals surface area (Å²) in [6.45, 7) is 0. The number of benzene rings is 8. The third-order valence-electron chi connectivity index (χ3n) is 9.78. The Labute approximate surface area is 314 Å². The van der Waals surface area contributed by atoms with Gasteiger partial charge in [-0.1, -0.05) is 158 Å². The monoisotopic (exact) mass is 688 g/mol. The molecule has 0 saturated carbocycles. The fraction of sp³-hybridized carbons (Fsp3) is 0. The molecule has 1 heterocycles. The van der Waals surface area contributed by atoms with Crippen LogP contribution in [0.25, 0.3) is 89.4 Å². The van der Waals surface area contributed by atoms with Gasteiger partial charge in [-0.25, -0.2) is 15.0 Å². The number of nitriles is 1. The van der Waals surface area contributed by atoms with Crippen molar-refractivity contribution >= 4 is 10.8 Å². The average Bonchev–Trinajstić information content (AvgIpc) is 3.26. The predicted molar refractivity (Wildman–Crippen MR) is 220 cm³/mol. The third kappa shape index (κ3) is 6.43. The molecule has 8 aromatic carbocycles. The summed E-state index contributed by atoms with van der Waals surface area (Å²) in [4.78, 5) is 15.0. The second-order valence-electron chi connectivity index (χ2n) is 13.2. The Morgan fingerprint density at radius 1 is 0.315 bits per heavy atom. The van der Waals surface area contributed by atoms with Crippen molar-refractivity contribution in [2.45, 2.75) is 0 Å². The van der Waals surface area contributed by atoms with Crippen LogP contribution in [0.3, 0.4) is 0 Å². The average molecular weight is 689 g/mol. The summed E-state index contributed by atoms with van der Waals surface area (Å²) in [6.07, 6.45) is 0. The summed E-state index contributed by atoms with van der Waals surface area (Å²) in [5.41, 5.74) is 12.2. The summed E-state index contributed by atoms with van der Waals surface area (Å²) in [7, 11) is 0. The van der Waals surface area contributed by atoms with E-state index in [1.807, 2.05) is 30.3 Å². The van der Waals surface area contributed by atoms with Gasteiger partial charge in [0.15, 0.2) is 17.5 Å². The Kier molecular flexibility index (Phi) is 8.57. The first-order valence-corrected chi connectivity index (χ1v) is 17.9. The predicted octanol–water partition coefficient (Wildman–Crippen LogP) is 12.6. The second-order valence-corrected chi connectivity index (χ2v) is 13.2. The molecule has 4 heteroatoms. The van der Waals surface area contributed by atoms with E-state index in [1.54, 1.807) is 12.1 Å². The molecule has 252 valence electrons. The zero-order chi connectivity index (χ0) is 36.3. The molecule has 0 aliphatic carbocycles. The van der Waals surface area contributed by atoms with Crippen LogP contribution in [0.1, 0.15) is 5.56 Å². The van der Waals surface area contributed by atoms with E-state index in [9.17, 15) is 5.26 Å². The standard InChI is InChI=1S/C50H32N4/c51-33-34-21-23-39(24-22-34)48-52-49(40-28-25-37(26-29-40)35-11-3-1-4-12-35)54-50(53-48)44-18-9-17-42(32-44)45-19-10-20-46(47(45)38-14-5-2-6-15-38)43-30-27-36-13-7-8-16-41(36)31-43/h1-32H. The van der Waals surface area contributed by atoms with Gasteiger partial charge in [0.05, 0.1) is 11.6 Å². The fourth-order valence-electron chi connectivity index (χ4n) is 7.03. The van der Waals surface area contributed by atoms with Crippen molar-refractivity contribution < 1.29 is 0 Å². The van der Waals surface area contributed by atoms with Crippen LogP contribution >= 0.6 is 0 Å². The summed E-state index contributed by atoms with van der Waals surface area (Å²) in [5.74, 6) is 1.69. The van der Waals surface area contributed by atoms with Crippen LogP contribution in [0.4, 0.5) is 0 Å². The van der Waals surface area contributed by atoms with Crippen LogP contribution in [0.5, 0.6) is 0 Å². The molecule has 0 unspecified atom stereocenters. The smallest absolute Gasteiger partial charge is 0.164 e. The molecule has 0 aliphatic rings. The minimum Gasteiger partial charge on any atom is -0.208 e. The lowest BCUT2D eigenvalue weighted by atomic mass is 9.87. The molecule has 0 bridgehead atoms. The minimum absolute atomic E-state index is 0.542. The van der Waals surface area contributed by atoms with Gasteiger partial charge in [0, 0.05) is 16.7 Å². The van der Waals surface area contributed by atoms with Crippen molar-refractivity contribution in [2.75, 3.05) is 0 Å². The fourth-order valence-corrected chi connectivity index (χ4v) is 7.03. The third-order valence-corrected chi connectivity index (χ3v) is 9.78. The van der Waals surface area contributed by atoms with E-state index >= 15 is 0 Å². The van der Waals surface area contributed by atoms with Gasteiger partial charge in [0.1, 0.15) is 0 Å². The Bertz CT molecular complexity index is 2800. The van der Waals surface area contributed by atoms with Crippen LogP contribution in [0, 0.1) is 11.3 Å². The Morgan fingerprint density at radius 2 is 0.759 bits per heavy atom. The van der Waals surface area contributed by atoms with E-state index in [-0.39, 0.29) is 0 Å². The van der Waals surface area contributed by atoms with Gasteiger partial charge in [0.2, 0.25) is 0 Å². The molecule has 1 aromatic heterocycles. The van der Waals surface area contributed by atoms with E-state index in [0.717, 1.165) is 50.1 Å². The van der Waals surface area contributed by atoms with Crippen molar-refractivity contribution in [3.8, 4) is 84.7 Å². The number of hydrogen-bond acceptors (Lipinski definition) is 4. The lowest BCUT2D eigenvalue weighted by Gasteiger charge is -2.17. The normalized spacial score (nSPS) is 10.9. The zero-order valence-electron chi connectivity index (χ0n) is 29.3. The van der Waals surface area contributed by atoms with Gasteiger partial charge >= 0.3 is 0 Å². The van der Waals surface area contributed by atoms with Crippen molar-refractivity contribution in [3.63, 3.8) is 0 Å². The van der Waals surface area contributed by atoms with Crippen molar-refractivity contribution in [1.82, 2.24) is 15.0 Å². The minimum atomic E-state index is 0.542. The first-order chi connectivity index (χ1) is 26.7. The van der Waals surface area contributed by atoms with Gasteiger partial charge < -0.3 is 0 Å². The van der Waals surface area contributed by atoms with Crippen LogP contribution in [-0.4, -0.2) is 15.0 Å². The van der Waals surface area contributed by atoms with E-state index in [4.69, 9.17) is 15.0 Å². The maximum absolute atomic E-state index is 9.43. The number of hydrogen-bond donors (Lipinski definition) is 0. The molecule has 0 radical (unpaired) electrons. The molecule has 54 heavy (non-hydrogen) atoms. The van der Waals surface area contributed by atoms with Gasteiger partial charge in [0.25, 0.3) is 0 Å². The first-order valence-electron chi connectivity index (χ1n) is 17.9. The van der Waals surface area contributed by atoms with Gasteiger partial charge in [-0.2, -0.15) is 5.26 Å². The molecular weight excluding hydrogens is 657 g/mol. The largest absolute Gasteiger partial charge is 0.208 e. The summed E-state index contributed by atoms with van der Waals surface area (Å²) in [5, 5.41) is 11.9. The Hall–Kier alpha value is -7.48. The Morgan fingerprint density at radius 3 is 1.41 bits per heavy atom. The molecule has 4 nitrogen and oxygen atoms in total. The number of nitrogens with zero attached hydrogens (tertiary/aromatic N) is 4. The quantitative estimate of drug-likeness (QED) is 0.167. The summed E-state index contributed by atoms with van der Waals surface area (Å²) in [6, 6.07) is 69.0. The van der Waals surface area contributed by atoms with Crippen molar-refractivity contribution in [2.24, 2.45) is 0 Å². The van der Waals surface area contributed by atoms with Crippen molar-refractivity contribution in [1.29, 1.82) is 5.26 Å². The maximum atomic E-state index is 9.43. The summed E-state index contributed by atoms with van der Waals surface area (Å²) >= 11 is 0. The molecule has 0 N–H and O–H groups in total. The first kappa shape index (κ1) is 32.4. The van der Waals surface area contributed by atoms with Crippen LogP contribution in [0.15, 0.2) is 194 Å². The molecule has 0 aliphatic heterocycles. The highest BCUT2D eigenvalue weighted by molar-refractivity contribution is 5.97. The van der Waals surface area contributed by atoms with E-state index in [0.29, 0.717) is 23.0 Å². The van der Waals surface area contributed by atoms with Crippen LogP contribution < -0.4 is 0 Å². The summed E-state index contributed by atoms with van der Waals surface area (Å²) < 4.78 is 0. The number of fused-ring (bicyclic) bond motifs is 1. The molecule has 0 amide bonds. The molecule has 0 spiro atoms. The van der Waals surface area contributed by atoms with Crippen molar-refractivity contribution in [3.05, 3.63) is 200 Å². The van der Waals surface area contributed by atoms with Gasteiger partial charge in [-0.05, 0) is 91.7 Å². The number of rotatable bonds is 7. The molecule has 0 fully saturated rings. The molecule has 9 rings (SSSR count). The molecule has 9 aromatic rings. The topological polar surface area (TPSA) is 62.5 Å². The highest BCUT2D eigenvalue weighted by Crippen LogP contribution is 2.41. The van der Waals surface area contributed by atoms with E-state index < -0.39 is 0 Å². The van der Waals surface area contributed by atoms with Gasteiger partial charge in [-0.15, -0.1) is 0 Å². The lowest BCUT2D eigenvalue weighted by molar-refractivity contribution is 1.07. The second kappa shape index (κ2) is 14.3. The van der Waals surface area contributed by atoms with E-state index in [1.165, 1.54) is 21.9 Å². The van der Waals surface area contributed by atoms with Crippen LogP contribution in [-0.2, 0) is 0 Å². The van der Waals surface area contributed by atoms with Crippen LogP contribution in [0.2, 0.25) is 0 Å².